The highest BCUT2D eigenvalue weighted by atomic mass is 79.9. The van der Waals surface area contributed by atoms with Crippen molar-refractivity contribution in [3.05, 3.63) is 69.7 Å². The van der Waals surface area contributed by atoms with Gasteiger partial charge in [-0.05, 0) is 29.3 Å². The maximum Gasteiger partial charge on any atom is 0.335 e. The first-order valence-corrected chi connectivity index (χ1v) is 8.43. The molecule has 5 heteroatoms. The van der Waals surface area contributed by atoms with Gasteiger partial charge in [0.25, 0.3) is 0 Å². The zero-order chi connectivity index (χ0) is 17.7. The summed E-state index contributed by atoms with van der Waals surface area (Å²) in [5.41, 5.74) is 1.59. The molecule has 0 aliphatic rings. The van der Waals surface area contributed by atoms with Crippen LogP contribution in [0.1, 0.15) is 35.3 Å². The van der Waals surface area contributed by atoms with Crippen LogP contribution >= 0.6 is 15.9 Å². The third kappa shape index (κ3) is 4.68. The Balaban J connectivity index is 2.00. The van der Waals surface area contributed by atoms with Gasteiger partial charge in [-0.25, -0.2) is 4.79 Å². The van der Waals surface area contributed by atoms with Gasteiger partial charge < -0.3 is 10.4 Å². The first kappa shape index (κ1) is 18.2. The molecule has 0 heterocycles. The number of carbonyl (C=O) groups is 2. The third-order valence-corrected chi connectivity index (χ3v) is 4.48. The van der Waals surface area contributed by atoms with E-state index in [1.807, 2.05) is 24.3 Å². The molecular formula is C19H20BrNO3. The highest BCUT2D eigenvalue weighted by Crippen LogP contribution is 2.24. The number of carboxylic acid groups (broad SMARTS) is 1. The Hall–Kier alpha value is -2.14. The van der Waals surface area contributed by atoms with Crippen molar-refractivity contribution in [3.8, 4) is 0 Å². The largest absolute Gasteiger partial charge is 0.478 e. The number of halogens is 1. The first-order chi connectivity index (χ1) is 11.3. The molecule has 2 N–H and O–H groups in total. The molecule has 0 aliphatic carbocycles. The molecular weight excluding hydrogens is 370 g/mol. The summed E-state index contributed by atoms with van der Waals surface area (Å²) in [6.07, 6.45) is 0.0545. The lowest BCUT2D eigenvalue weighted by Crippen LogP contribution is -2.37. The van der Waals surface area contributed by atoms with E-state index < -0.39 is 5.97 Å². The number of rotatable bonds is 6. The average Bonchev–Trinajstić information content (AvgIpc) is 2.54. The van der Waals surface area contributed by atoms with Gasteiger partial charge in [0.05, 0.1) is 12.0 Å². The molecule has 0 saturated heterocycles. The summed E-state index contributed by atoms with van der Waals surface area (Å²) in [7, 11) is 0. The van der Waals surface area contributed by atoms with E-state index in [4.69, 9.17) is 0 Å². The van der Waals surface area contributed by atoms with Crippen LogP contribution in [0.4, 0.5) is 0 Å². The van der Waals surface area contributed by atoms with Gasteiger partial charge in [0.15, 0.2) is 0 Å². The molecule has 0 fully saturated rings. The molecule has 4 nitrogen and oxygen atoms in total. The van der Waals surface area contributed by atoms with Crippen molar-refractivity contribution < 1.29 is 14.7 Å². The molecule has 1 amide bonds. The molecule has 2 rings (SSSR count). The van der Waals surface area contributed by atoms with Gasteiger partial charge in [0.2, 0.25) is 5.91 Å². The quantitative estimate of drug-likeness (QED) is 0.789. The van der Waals surface area contributed by atoms with Gasteiger partial charge in [-0.1, -0.05) is 60.1 Å². The molecule has 126 valence electrons. The number of hydrogen-bond donors (Lipinski definition) is 2. The van der Waals surface area contributed by atoms with E-state index in [-0.39, 0.29) is 23.3 Å². The van der Waals surface area contributed by atoms with E-state index in [1.165, 1.54) is 6.07 Å². The second kappa shape index (κ2) is 7.62. The highest BCUT2D eigenvalue weighted by molar-refractivity contribution is 9.10. The Bertz CT molecular complexity index is 739. The summed E-state index contributed by atoms with van der Waals surface area (Å²) >= 11 is 3.41. The molecule has 0 aliphatic heterocycles. The van der Waals surface area contributed by atoms with Crippen LogP contribution in [0.5, 0.6) is 0 Å². The Labute approximate surface area is 150 Å². The second-order valence-electron chi connectivity index (χ2n) is 6.31. The summed E-state index contributed by atoms with van der Waals surface area (Å²) in [6.45, 7) is 4.59. The van der Waals surface area contributed by atoms with E-state index in [0.717, 1.165) is 10.0 Å². The SMILES string of the molecule is CC(C)(CNC(=O)Cc1ccccc1C(=O)O)c1ccc(Br)cc1. The number of benzene rings is 2. The maximum absolute atomic E-state index is 12.2. The molecule has 24 heavy (non-hydrogen) atoms. The molecule has 2 aromatic carbocycles. The van der Waals surface area contributed by atoms with Crippen molar-refractivity contribution in [2.24, 2.45) is 0 Å². The van der Waals surface area contributed by atoms with Crippen molar-refractivity contribution >= 4 is 27.8 Å². The van der Waals surface area contributed by atoms with Crippen LogP contribution in [0.25, 0.3) is 0 Å². The van der Waals surface area contributed by atoms with E-state index in [0.29, 0.717) is 12.1 Å². The minimum atomic E-state index is -1.02. The summed E-state index contributed by atoms with van der Waals surface area (Å²) in [5, 5.41) is 12.1. The first-order valence-electron chi connectivity index (χ1n) is 7.63. The van der Waals surface area contributed by atoms with Crippen molar-refractivity contribution in [1.29, 1.82) is 0 Å². The Kier molecular flexibility index (Phi) is 5.78. The Morgan fingerprint density at radius 1 is 1.08 bits per heavy atom. The fraction of sp³-hybridized carbons (Fsp3) is 0.263. The van der Waals surface area contributed by atoms with Crippen LogP contribution in [0.2, 0.25) is 0 Å². The van der Waals surface area contributed by atoms with Gasteiger partial charge in [0.1, 0.15) is 0 Å². The number of carbonyl (C=O) groups excluding carboxylic acids is 1. The van der Waals surface area contributed by atoms with Crippen molar-refractivity contribution in [2.75, 3.05) is 6.54 Å². The highest BCUT2D eigenvalue weighted by Gasteiger charge is 2.22. The zero-order valence-electron chi connectivity index (χ0n) is 13.7. The second-order valence-corrected chi connectivity index (χ2v) is 7.22. The van der Waals surface area contributed by atoms with E-state index in [9.17, 15) is 14.7 Å². The summed E-state index contributed by atoms with van der Waals surface area (Å²) < 4.78 is 1.01. The van der Waals surface area contributed by atoms with E-state index in [2.05, 4.69) is 35.1 Å². The molecule has 0 atom stereocenters. The predicted octanol–water partition coefficient (Wildman–Crippen LogP) is 3.78. The average molecular weight is 390 g/mol. The molecule has 0 aromatic heterocycles. The number of nitrogens with one attached hydrogen (secondary N) is 1. The number of carboxylic acids is 1. The van der Waals surface area contributed by atoms with Gasteiger partial charge in [-0.3, -0.25) is 4.79 Å². The Morgan fingerprint density at radius 3 is 2.33 bits per heavy atom. The van der Waals surface area contributed by atoms with Gasteiger partial charge in [0, 0.05) is 16.4 Å². The summed E-state index contributed by atoms with van der Waals surface area (Å²) in [4.78, 5) is 23.4. The molecule has 0 unspecified atom stereocenters. The predicted molar refractivity (Wildman–Crippen MR) is 97.3 cm³/mol. The van der Waals surface area contributed by atoms with Crippen LogP contribution in [-0.4, -0.2) is 23.5 Å². The lowest BCUT2D eigenvalue weighted by molar-refractivity contribution is -0.120. The summed E-state index contributed by atoms with van der Waals surface area (Å²) in [6, 6.07) is 14.6. The maximum atomic E-state index is 12.2. The monoisotopic (exact) mass is 389 g/mol. The molecule has 0 spiro atoms. The minimum absolute atomic E-state index is 0.0545. The van der Waals surface area contributed by atoms with Crippen molar-refractivity contribution in [1.82, 2.24) is 5.32 Å². The zero-order valence-corrected chi connectivity index (χ0v) is 15.3. The topological polar surface area (TPSA) is 66.4 Å². The molecule has 0 radical (unpaired) electrons. The van der Waals surface area contributed by atoms with E-state index >= 15 is 0 Å². The smallest absolute Gasteiger partial charge is 0.335 e. The Morgan fingerprint density at radius 2 is 1.71 bits per heavy atom. The number of aromatic carboxylic acids is 1. The van der Waals surface area contributed by atoms with E-state index in [1.54, 1.807) is 18.2 Å². The van der Waals surface area contributed by atoms with Crippen LogP contribution in [-0.2, 0) is 16.6 Å². The van der Waals surface area contributed by atoms with Gasteiger partial charge in [-0.15, -0.1) is 0 Å². The van der Waals surface area contributed by atoms with Crippen molar-refractivity contribution in [2.45, 2.75) is 25.7 Å². The van der Waals surface area contributed by atoms with Crippen LogP contribution in [0, 0.1) is 0 Å². The fourth-order valence-corrected chi connectivity index (χ4v) is 2.71. The van der Waals surface area contributed by atoms with Crippen molar-refractivity contribution in [3.63, 3.8) is 0 Å². The van der Waals surface area contributed by atoms with Crippen LogP contribution < -0.4 is 5.32 Å². The minimum Gasteiger partial charge on any atom is -0.478 e. The fourth-order valence-electron chi connectivity index (χ4n) is 2.44. The normalized spacial score (nSPS) is 11.1. The molecule has 2 aromatic rings. The number of amides is 1. The lowest BCUT2D eigenvalue weighted by atomic mass is 9.84. The molecule has 0 saturated carbocycles. The molecule has 0 bridgehead atoms. The van der Waals surface area contributed by atoms with Crippen LogP contribution in [0.15, 0.2) is 53.0 Å². The lowest BCUT2D eigenvalue weighted by Gasteiger charge is -2.26. The van der Waals surface area contributed by atoms with Gasteiger partial charge >= 0.3 is 5.97 Å². The van der Waals surface area contributed by atoms with Gasteiger partial charge in [-0.2, -0.15) is 0 Å². The standard InChI is InChI=1S/C19H20BrNO3/c1-19(2,14-7-9-15(20)10-8-14)12-21-17(22)11-13-5-3-4-6-16(13)18(23)24/h3-10H,11-12H2,1-2H3,(H,21,22)(H,23,24). The third-order valence-electron chi connectivity index (χ3n) is 3.95. The van der Waals surface area contributed by atoms with Crippen LogP contribution in [0.3, 0.4) is 0 Å². The number of hydrogen-bond acceptors (Lipinski definition) is 2. The summed E-state index contributed by atoms with van der Waals surface area (Å²) in [5.74, 6) is -1.21.